The SMILES string of the molecule is C/N=N\C(=C/C(C)C1CC[C@](C)(C(=O)N2CCC(C(=O)NC)C2)C1(C)C)c1c(F)cccc1F. The Labute approximate surface area is 200 Å². The van der Waals surface area contributed by atoms with Crippen LogP contribution in [-0.2, 0) is 9.59 Å². The molecule has 8 heteroatoms. The van der Waals surface area contributed by atoms with Crippen molar-refractivity contribution in [1.82, 2.24) is 10.2 Å². The Morgan fingerprint density at radius 1 is 1.21 bits per heavy atom. The number of hydrogen-bond acceptors (Lipinski definition) is 4. The van der Waals surface area contributed by atoms with Crippen molar-refractivity contribution >= 4 is 17.5 Å². The van der Waals surface area contributed by atoms with E-state index >= 15 is 0 Å². The number of halogens is 2. The van der Waals surface area contributed by atoms with Crippen molar-refractivity contribution in [1.29, 1.82) is 0 Å². The molecule has 2 amide bonds. The number of amides is 2. The lowest BCUT2D eigenvalue weighted by molar-refractivity contribution is -0.147. The number of nitrogens with zero attached hydrogens (tertiary/aromatic N) is 3. The zero-order valence-electron chi connectivity index (χ0n) is 21.0. The van der Waals surface area contributed by atoms with E-state index in [9.17, 15) is 18.4 Å². The Balaban J connectivity index is 1.86. The first-order chi connectivity index (χ1) is 16.0. The van der Waals surface area contributed by atoms with Gasteiger partial charge in [-0.1, -0.05) is 39.8 Å². The van der Waals surface area contributed by atoms with Crippen LogP contribution in [0.4, 0.5) is 8.78 Å². The zero-order valence-corrected chi connectivity index (χ0v) is 21.0. The molecule has 1 aliphatic heterocycles. The topological polar surface area (TPSA) is 74.1 Å². The van der Waals surface area contributed by atoms with Crippen LogP contribution in [0.3, 0.4) is 0 Å². The van der Waals surface area contributed by atoms with Gasteiger partial charge in [0.15, 0.2) is 0 Å². The van der Waals surface area contributed by atoms with Crippen LogP contribution in [0.25, 0.3) is 5.70 Å². The molecule has 1 aromatic rings. The highest BCUT2D eigenvalue weighted by molar-refractivity contribution is 5.86. The second-order valence-corrected chi connectivity index (χ2v) is 10.4. The van der Waals surface area contributed by atoms with Crippen LogP contribution in [0, 0.1) is 40.2 Å². The van der Waals surface area contributed by atoms with Crippen molar-refractivity contribution in [3.05, 3.63) is 41.5 Å². The van der Waals surface area contributed by atoms with E-state index in [4.69, 9.17) is 0 Å². The van der Waals surface area contributed by atoms with Crippen molar-refractivity contribution in [3.63, 3.8) is 0 Å². The number of hydrogen-bond donors (Lipinski definition) is 1. The lowest BCUT2D eigenvalue weighted by Gasteiger charge is -2.44. The minimum Gasteiger partial charge on any atom is -0.359 e. The van der Waals surface area contributed by atoms with Crippen LogP contribution in [0.15, 0.2) is 34.5 Å². The molecule has 2 aliphatic rings. The Bertz CT molecular complexity index is 986. The lowest BCUT2D eigenvalue weighted by atomic mass is 9.62. The van der Waals surface area contributed by atoms with Crippen molar-refractivity contribution in [2.45, 2.75) is 47.0 Å². The van der Waals surface area contributed by atoms with E-state index in [1.165, 1.54) is 25.2 Å². The summed E-state index contributed by atoms with van der Waals surface area (Å²) in [7, 11) is 3.09. The molecule has 6 nitrogen and oxygen atoms in total. The average Bonchev–Trinajstić information content (AvgIpc) is 3.36. The second kappa shape index (κ2) is 9.92. The van der Waals surface area contributed by atoms with Crippen LogP contribution in [0.5, 0.6) is 0 Å². The highest BCUT2D eigenvalue weighted by Gasteiger charge is 2.58. The van der Waals surface area contributed by atoms with Crippen molar-refractivity contribution in [2.75, 3.05) is 27.2 Å². The van der Waals surface area contributed by atoms with Crippen LogP contribution in [0.1, 0.15) is 52.5 Å². The van der Waals surface area contributed by atoms with Crippen LogP contribution in [-0.4, -0.2) is 43.9 Å². The number of rotatable bonds is 6. The Kier molecular flexibility index (Phi) is 7.58. The van der Waals surface area contributed by atoms with Crippen LogP contribution in [0.2, 0.25) is 0 Å². The number of allylic oxidation sites excluding steroid dienone is 1. The van der Waals surface area contributed by atoms with E-state index in [0.717, 1.165) is 6.42 Å². The molecule has 1 aliphatic carbocycles. The molecule has 34 heavy (non-hydrogen) atoms. The zero-order chi connectivity index (χ0) is 25.3. The molecule has 1 saturated carbocycles. The van der Waals surface area contributed by atoms with E-state index in [-0.39, 0.29) is 46.2 Å². The van der Waals surface area contributed by atoms with Gasteiger partial charge >= 0.3 is 0 Å². The Hall–Kier alpha value is -2.64. The van der Waals surface area contributed by atoms with Crippen LogP contribution < -0.4 is 5.32 Å². The first-order valence-corrected chi connectivity index (χ1v) is 11.9. The third-order valence-corrected chi connectivity index (χ3v) is 8.35. The largest absolute Gasteiger partial charge is 0.359 e. The molecular weight excluding hydrogens is 438 g/mol. The lowest BCUT2D eigenvalue weighted by Crippen LogP contribution is -2.49. The van der Waals surface area contributed by atoms with Gasteiger partial charge in [0, 0.05) is 27.2 Å². The maximum atomic E-state index is 14.5. The molecular formula is C26H36F2N4O2. The fourth-order valence-electron chi connectivity index (χ4n) is 5.93. The maximum absolute atomic E-state index is 14.5. The van der Waals surface area contributed by atoms with E-state index in [1.807, 2.05) is 18.7 Å². The smallest absolute Gasteiger partial charge is 0.229 e. The predicted molar refractivity (Wildman–Crippen MR) is 128 cm³/mol. The van der Waals surface area contributed by atoms with Gasteiger partial charge in [-0.15, -0.1) is 0 Å². The van der Waals surface area contributed by atoms with Gasteiger partial charge in [-0.2, -0.15) is 10.2 Å². The number of nitrogens with one attached hydrogen (secondary N) is 1. The number of benzene rings is 1. The fraction of sp³-hybridized carbons (Fsp3) is 0.615. The van der Waals surface area contributed by atoms with E-state index in [0.29, 0.717) is 25.9 Å². The third-order valence-electron chi connectivity index (χ3n) is 8.35. The number of likely N-dealkylation sites (tertiary alicyclic amines) is 1. The van der Waals surface area contributed by atoms with Gasteiger partial charge in [0.1, 0.15) is 11.6 Å². The first-order valence-electron chi connectivity index (χ1n) is 11.9. The van der Waals surface area contributed by atoms with E-state index < -0.39 is 17.0 Å². The fourth-order valence-corrected chi connectivity index (χ4v) is 5.93. The molecule has 0 aromatic heterocycles. The summed E-state index contributed by atoms with van der Waals surface area (Å²) in [6.07, 6.45) is 3.95. The summed E-state index contributed by atoms with van der Waals surface area (Å²) < 4.78 is 28.9. The second-order valence-electron chi connectivity index (χ2n) is 10.4. The Morgan fingerprint density at radius 2 is 1.85 bits per heavy atom. The van der Waals surface area contributed by atoms with Gasteiger partial charge in [0.25, 0.3) is 0 Å². The van der Waals surface area contributed by atoms with Crippen molar-refractivity contribution in [3.8, 4) is 0 Å². The Morgan fingerprint density at radius 3 is 2.44 bits per heavy atom. The molecule has 1 N–H and O–H groups in total. The monoisotopic (exact) mass is 474 g/mol. The third kappa shape index (κ3) is 4.51. The summed E-state index contributed by atoms with van der Waals surface area (Å²) in [5.41, 5.74) is -1.01. The molecule has 3 rings (SSSR count). The van der Waals surface area contributed by atoms with Gasteiger partial charge in [-0.3, -0.25) is 9.59 Å². The number of azo groups is 1. The van der Waals surface area contributed by atoms with Crippen molar-refractivity contribution < 1.29 is 18.4 Å². The average molecular weight is 475 g/mol. The molecule has 0 bridgehead atoms. The van der Waals surface area contributed by atoms with Crippen LogP contribution >= 0.6 is 0 Å². The van der Waals surface area contributed by atoms with Crippen molar-refractivity contribution in [2.24, 2.45) is 38.8 Å². The van der Waals surface area contributed by atoms with Gasteiger partial charge in [-0.25, -0.2) is 8.78 Å². The molecule has 4 atom stereocenters. The van der Waals surface area contributed by atoms with Gasteiger partial charge < -0.3 is 10.2 Å². The molecule has 186 valence electrons. The summed E-state index contributed by atoms with van der Waals surface area (Å²) in [6.45, 7) is 9.24. The molecule has 2 fully saturated rings. The predicted octanol–water partition coefficient (Wildman–Crippen LogP) is 5.06. The minimum absolute atomic E-state index is 0.0271. The molecule has 3 unspecified atom stereocenters. The maximum Gasteiger partial charge on any atom is 0.229 e. The normalized spacial score (nSPS) is 27.9. The van der Waals surface area contributed by atoms with E-state index in [2.05, 4.69) is 29.4 Å². The minimum atomic E-state index is -0.684. The molecule has 0 radical (unpaired) electrons. The van der Waals surface area contributed by atoms with Gasteiger partial charge in [0.2, 0.25) is 11.8 Å². The first kappa shape index (κ1) is 26.0. The van der Waals surface area contributed by atoms with E-state index in [1.54, 1.807) is 13.1 Å². The van der Waals surface area contributed by atoms with Gasteiger partial charge in [-0.05, 0) is 48.6 Å². The molecule has 0 spiro atoms. The summed E-state index contributed by atoms with van der Waals surface area (Å²) in [5, 5.41) is 10.5. The standard InChI is InChI=1S/C26H36F2N4O2/c1-16(14-21(31-30-6)22-19(27)8-7-9-20(22)28)18-10-12-26(4,25(18,2)3)24(34)32-13-11-17(15-32)23(33)29-5/h7-9,14,16-18H,10-13,15H2,1-6H3,(H,29,33)/b21-14-,31-30-/t16?,17?,18?,26-/m1/s1. The summed E-state index contributed by atoms with van der Waals surface area (Å²) in [6, 6.07) is 3.74. The highest BCUT2D eigenvalue weighted by atomic mass is 19.1. The number of carbonyl (C=O) groups is 2. The molecule has 1 saturated heterocycles. The quantitative estimate of drug-likeness (QED) is 0.585. The number of carbonyl (C=O) groups excluding carboxylic acids is 2. The molecule has 1 aromatic carbocycles. The highest BCUT2D eigenvalue weighted by Crippen LogP contribution is 2.59. The summed E-state index contributed by atoms with van der Waals surface area (Å²) in [4.78, 5) is 27.6. The summed E-state index contributed by atoms with van der Waals surface area (Å²) in [5.74, 6) is -1.49. The molecule has 1 heterocycles. The van der Waals surface area contributed by atoms with Gasteiger partial charge in [0.05, 0.1) is 22.6 Å². The summed E-state index contributed by atoms with van der Waals surface area (Å²) >= 11 is 0.